The van der Waals surface area contributed by atoms with E-state index in [0.717, 1.165) is 18.4 Å². The van der Waals surface area contributed by atoms with Crippen molar-refractivity contribution >= 4 is 29.2 Å². The molecule has 0 N–H and O–H groups in total. The Labute approximate surface area is 129 Å². The van der Waals surface area contributed by atoms with Gasteiger partial charge in [-0.3, -0.25) is 0 Å². The van der Waals surface area contributed by atoms with E-state index in [1.807, 2.05) is 30.3 Å². The van der Waals surface area contributed by atoms with Gasteiger partial charge in [-0.25, -0.2) is 4.79 Å². The average Bonchev–Trinajstić information content (AvgIpc) is 2.86. The maximum Gasteiger partial charge on any atom is 0.335 e. The van der Waals surface area contributed by atoms with Crippen molar-refractivity contribution in [2.24, 2.45) is 5.92 Å². The van der Waals surface area contributed by atoms with Crippen LogP contribution in [0.1, 0.15) is 37.1 Å². The Hall–Kier alpha value is -0.990. The molecular weight excluding hydrogens is 295 g/mol. The lowest BCUT2D eigenvalue weighted by Gasteiger charge is -2.17. The second kappa shape index (κ2) is 7.14. The Morgan fingerprint density at radius 1 is 1.40 bits per heavy atom. The number of cyclic esters (lactones) is 1. The Balaban J connectivity index is 2.24. The van der Waals surface area contributed by atoms with Gasteiger partial charge >= 0.3 is 5.97 Å². The van der Waals surface area contributed by atoms with Crippen molar-refractivity contribution in [3.63, 3.8) is 0 Å². The van der Waals surface area contributed by atoms with E-state index in [1.165, 1.54) is 0 Å². The predicted molar refractivity (Wildman–Crippen MR) is 81.9 cm³/mol. The summed E-state index contributed by atoms with van der Waals surface area (Å²) in [7, 11) is 0. The fourth-order valence-corrected chi connectivity index (χ4v) is 3.05. The molecule has 1 heterocycles. The monoisotopic (exact) mass is 312 g/mol. The van der Waals surface area contributed by atoms with Crippen molar-refractivity contribution in [3.8, 4) is 0 Å². The van der Waals surface area contributed by atoms with E-state index in [4.69, 9.17) is 27.9 Å². The number of alkyl halides is 1. The van der Waals surface area contributed by atoms with Gasteiger partial charge in [0, 0.05) is 11.0 Å². The highest BCUT2D eigenvalue weighted by molar-refractivity contribution is 6.32. The van der Waals surface area contributed by atoms with Gasteiger partial charge in [-0.2, -0.15) is 0 Å². The van der Waals surface area contributed by atoms with Crippen LogP contribution in [-0.2, 0) is 9.53 Å². The third kappa shape index (κ3) is 3.36. The van der Waals surface area contributed by atoms with Crippen molar-refractivity contribution in [1.82, 2.24) is 0 Å². The van der Waals surface area contributed by atoms with Crippen molar-refractivity contribution in [3.05, 3.63) is 46.5 Å². The standard InChI is InChI=1S/C16H18Cl2O2/c1-2-3-9-13(17)14-12(10-20-16(14)19)15(18)11-7-5-4-6-8-11/h4-8,12,15H,2-3,9-10H2,1H3/b14-13+. The van der Waals surface area contributed by atoms with Crippen LogP contribution in [-0.4, -0.2) is 12.6 Å². The number of carbonyl (C=O) groups excluding carboxylic acids is 1. The zero-order chi connectivity index (χ0) is 14.5. The second-order valence-corrected chi connectivity index (χ2v) is 5.87. The Morgan fingerprint density at radius 2 is 2.10 bits per heavy atom. The smallest absolute Gasteiger partial charge is 0.335 e. The van der Waals surface area contributed by atoms with Crippen LogP contribution in [0.4, 0.5) is 0 Å². The summed E-state index contributed by atoms with van der Waals surface area (Å²) in [4.78, 5) is 11.9. The molecule has 1 fully saturated rings. The van der Waals surface area contributed by atoms with Crippen LogP contribution in [0, 0.1) is 5.92 Å². The molecule has 1 aromatic rings. The quantitative estimate of drug-likeness (QED) is 0.442. The molecule has 1 aliphatic heterocycles. The van der Waals surface area contributed by atoms with Crippen LogP contribution >= 0.6 is 23.2 Å². The minimum atomic E-state index is -0.322. The number of ether oxygens (including phenoxy) is 1. The van der Waals surface area contributed by atoms with Gasteiger partial charge in [-0.1, -0.05) is 55.3 Å². The largest absolute Gasteiger partial charge is 0.462 e. The summed E-state index contributed by atoms with van der Waals surface area (Å²) in [6, 6.07) is 9.72. The Bertz CT molecular complexity index is 496. The van der Waals surface area contributed by atoms with Gasteiger partial charge in [0.15, 0.2) is 0 Å². The highest BCUT2D eigenvalue weighted by Gasteiger charge is 2.38. The van der Waals surface area contributed by atoms with Crippen LogP contribution in [0.3, 0.4) is 0 Å². The number of hydrogen-bond acceptors (Lipinski definition) is 2. The van der Waals surface area contributed by atoms with E-state index in [-0.39, 0.29) is 17.3 Å². The molecule has 0 aliphatic carbocycles. The lowest BCUT2D eigenvalue weighted by atomic mass is 9.92. The fourth-order valence-electron chi connectivity index (χ4n) is 2.36. The third-order valence-corrected chi connectivity index (χ3v) is 4.45. The van der Waals surface area contributed by atoms with Crippen molar-refractivity contribution in [2.75, 3.05) is 6.61 Å². The molecule has 0 bridgehead atoms. The minimum absolute atomic E-state index is 0.170. The first-order valence-electron chi connectivity index (χ1n) is 6.89. The summed E-state index contributed by atoms with van der Waals surface area (Å²) >= 11 is 12.8. The molecule has 4 heteroatoms. The number of allylic oxidation sites excluding steroid dienone is 1. The summed E-state index contributed by atoms with van der Waals surface area (Å²) < 4.78 is 5.16. The summed E-state index contributed by atoms with van der Waals surface area (Å²) in [6.45, 7) is 2.40. The summed E-state index contributed by atoms with van der Waals surface area (Å²) in [6.07, 6.45) is 2.70. The number of benzene rings is 1. The van der Waals surface area contributed by atoms with E-state index in [2.05, 4.69) is 6.92 Å². The molecule has 2 nitrogen and oxygen atoms in total. The molecule has 2 unspecified atom stereocenters. The van der Waals surface area contributed by atoms with Crippen LogP contribution in [0.15, 0.2) is 40.9 Å². The summed E-state index contributed by atoms with van der Waals surface area (Å²) in [5, 5.41) is 0.300. The molecule has 1 saturated heterocycles. The maximum absolute atomic E-state index is 11.9. The molecule has 1 aliphatic rings. The first-order chi connectivity index (χ1) is 9.65. The van der Waals surface area contributed by atoms with E-state index in [0.29, 0.717) is 23.6 Å². The van der Waals surface area contributed by atoms with Crippen molar-refractivity contribution in [2.45, 2.75) is 31.6 Å². The SMILES string of the molecule is CCCC/C(Cl)=C1\C(=O)OCC1C(Cl)c1ccccc1. The molecule has 0 aromatic heterocycles. The van der Waals surface area contributed by atoms with Gasteiger partial charge in [0.05, 0.1) is 11.0 Å². The van der Waals surface area contributed by atoms with Crippen LogP contribution in [0.25, 0.3) is 0 Å². The second-order valence-electron chi connectivity index (χ2n) is 4.94. The number of rotatable bonds is 5. The van der Waals surface area contributed by atoms with Gasteiger partial charge in [0.1, 0.15) is 6.61 Å². The molecule has 0 spiro atoms. The number of hydrogen-bond donors (Lipinski definition) is 0. The highest BCUT2D eigenvalue weighted by Crippen LogP contribution is 2.40. The van der Waals surface area contributed by atoms with Gasteiger partial charge in [-0.05, 0) is 18.4 Å². The van der Waals surface area contributed by atoms with Crippen molar-refractivity contribution in [1.29, 1.82) is 0 Å². The highest BCUT2D eigenvalue weighted by atomic mass is 35.5. The third-order valence-electron chi connectivity index (χ3n) is 3.50. The molecule has 108 valence electrons. The number of carbonyl (C=O) groups is 1. The molecule has 2 rings (SSSR count). The van der Waals surface area contributed by atoms with E-state index < -0.39 is 0 Å². The van der Waals surface area contributed by atoms with Crippen LogP contribution in [0.5, 0.6) is 0 Å². The zero-order valence-electron chi connectivity index (χ0n) is 11.4. The number of halogens is 2. The fraction of sp³-hybridized carbons (Fsp3) is 0.438. The van der Waals surface area contributed by atoms with Gasteiger partial charge in [0.2, 0.25) is 0 Å². The maximum atomic E-state index is 11.9. The van der Waals surface area contributed by atoms with Crippen LogP contribution in [0.2, 0.25) is 0 Å². The van der Waals surface area contributed by atoms with E-state index in [9.17, 15) is 4.79 Å². The molecule has 0 amide bonds. The summed E-state index contributed by atoms with van der Waals surface area (Å²) in [5.41, 5.74) is 1.54. The summed E-state index contributed by atoms with van der Waals surface area (Å²) in [5.74, 6) is -0.492. The van der Waals surface area contributed by atoms with E-state index in [1.54, 1.807) is 0 Å². The predicted octanol–water partition coefficient (Wildman–Crippen LogP) is 4.82. The van der Waals surface area contributed by atoms with E-state index >= 15 is 0 Å². The normalized spacial score (nSPS) is 22.6. The molecule has 2 atom stereocenters. The van der Waals surface area contributed by atoms with Crippen LogP contribution < -0.4 is 0 Å². The van der Waals surface area contributed by atoms with Gasteiger partial charge in [-0.15, -0.1) is 11.6 Å². The average molecular weight is 313 g/mol. The first-order valence-corrected chi connectivity index (χ1v) is 7.71. The number of unbranched alkanes of at least 4 members (excludes halogenated alkanes) is 1. The molecule has 1 aromatic carbocycles. The molecular formula is C16H18Cl2O2. The zero-order valence-corrected chi connectivity index (χ0v) is 13.0. The molecule has 0 radical (unpaired) electrons. The lowest BCUT2D eigenvalue weighted by Crippen LogP contribution is -2.12. The van der Waals surface area contributed by atoms with Crippen molar-refractivity contribution < 1.29 is 9.53 Å². The Morgan fingerprint density at radius 3 is 2.75 bits per heavy atom. The molecule has 20 heavy (non-hydrogen) atoms. The van der Waals surface area contributed by atoms with Gasteiger partial charge in [0.25, 0.3) is 0 Å². The van der Waals surface area contributed by atoms with Gasteiger partial charge < -0.3 is 4.74 Å². The topological polar surface area (TPSA) is 26.3 Å². The molecule has 0 saturated carbocycles. The first kappa shape index (κ1) is 15.4. The lowest BCUT2D eigenvalue weighted by molar-refractivity contribution is -0.135. The number of esters is 1. The minimum Gasteiger partial charge on any atom is -0.462 e. The Kier molecular flexibility index (Phi) is 5.50.